The number of nitrogens with one attached hydrogen (secondary N) is 1. The number of nitrogens with zero attached hydrogens (tertiary/aromatic N) is 5. The highest BCUT2D eigenvalue weighted by molar-refractivity contribution is 9.10. The summed E-state index contributed by atoms with van der Waals surface area (Å²) in [5.74, 6) is 1.00. The van der Waals surface area contributed by atoms with Crippen LogP contribution in [0.2, 0.25) is 0 Å². The summed E-state index contributed by atoms with van der Waals surface area (Å²) in [6.45, 7) is 12.4. The molecule has 0 aliphatic carbocycles. The maximum Gasteiger partial charge on any atom is 0.257 e. The van der Waals surface area contributed by atoms with E-state index in [1.807, 2.05) is 45.9 Å². The van der Waals surface area contributed by atoms with Crippen molar-refractivity contribution in [1.29, 1.82) is 0 Å². The van der Waals surface area contributed by atoms with Crippen LogP contribution in [0.3, 0.4) is 0 Å². The molecule has 158 valence electrons. The van der Waals surface area contributed by atoms with Gasteiger partial charge >= 0.3 is 0 Å². The average molecular weight is 471 g/mol. The molecule has 8 heteroatoms. The van der Waals surface area contributed by atoms with Crippen LogP contribution in [0.1, 0.15) is 42.6 Å². The van der Waals surface area contributed by atoms with Gasteiger partial charge in [-0.25, -0.2) is 19.9 Å². The Morgan fingerprint density at radius 2 is 2.00 bits per heavy atom. The van der Waals surface area contributed by atoms with E-state index in [1.54, 1.807) is 29.6 Å². The molecule has 7 nitrogen and oxygen atoms in total. The third-order valence-electron chi connectivity index (χ3n) is 4.45. The van der Waals surface area contributed by atoms with Crippen molar-refractivity contribution in [1.82, 2.24) is 24.8 Å². The Labute approximate surface area is 186 Å². The van der Waals surface area contributed by atoms with E-state index >= 15 is 0 Å². The number of allylic oxidation sites excluding steroid dienone is 5. The zero-order valence-corrected chi connectivity index (χ0v) is 19.3. The molecule has 2 aromatic rings. The summed E-state index contributed by atoms with van der Waals surface area (Å²) < 4.78 is 0.809. The minimum absolute atomic E-state index is 0.0957. The first-order valence-electron chi connectivity index (χ1n) is 9.73. The number of rotatable bonds is 9. The molecule has 0 bridgehead atoms. The van der Waals surface area contributed by atoms with Crippen LogP contribution in [0, 0.1) is 6.92 Å². The van der Waals surface area contributed by atoms with Crippen LogP contribution in [-0.4, -0.2) is 49.9 Å². The van der Waals surface area contributed by atoms with Gasteiger partial charge in [0.15, 0.2) is 0 Å². The Balaban J connectivity index is 2.26. The van der Waals surface area contributed by atoms with Gasteiger partial charge in [-0.05, 0) is 49.2 Å². The number of hydrogen-bond acceptors (Lipinski definition) is 6. The Kier molecular flexibility index (Phi) is 8.86. The molecule has 2 heterocycles. The Morgan fingerprint density at radius 1 is 1.30 bits per heavy atom. The first kappa shape index (κ1) is 23.4. The standard InChI is InChI=1S/C22H27BrN6O/c1-6-9-10-17(7-2)20-19(14-24-16(5)28-20)21(30)29(8-3)15(4)11-25-22-26-12-18(23)13-27-22/h6-7,9-10,12-15H,1,8,11H2,2-5H3,(H,25,26,27)/b10-9-,17-7+/t15-/m0/s1. The molecule has 1 amide bonds. The van der Waals surface area contributed by atoms with Gasteiger partial charge in [-0.15, -0.1) is 0 Å². The Bertz CT molecular complexity index is 939. The lowest BCUT2D eigenvalue weighted by molar-refractivity contribution is 0.0711. The molecular formula is C22H27BrN6O. The van der Waals surface area contributed by atoms with Crippen molar-refractivity contribution in [3.63, 3.8) is 0 Å². The molecule has 0 aliphatic rings. The van der Waals surface area contributed by atoms with E-state index in [1.165, 1.54) is 0 Å². The molecule has 0 aromatic carbocycles. The minimum Gasteiger partial charge on any atom is -0.352 e. The van der Waals surface area contributed by atoms with E-state index in [4.69, 9.17) is 0 Å². The molecule has 2 aromatic heterocycles. The van der Waals surface area contributed by atoms with Crippen molar-refractivity contribution < 1.29 is 4.79 Å². The van der Waals surface area contributed by atoms with Crippen LogP contribution in [0.25, 0.3) is 5.57 Å². The van der Waals surface area contributed by atoms with Gasteiger partial charge in [-0.3, -0.25) is 4.79 Å². The van der Waals surface area contributed by atoms with E-state index < -0.39 is 0 Å². The molecular weight excluding hydrogens is 444 g/mol. The fraction of sp³-hybridized carbons (Fsp3) is 0.318. The van der Waals surface area contributed by atoms with Gasteiger partial charge in [0.05, 0.1) is 15.7 Å². The topological polar surface area (TPSA) is 83.9 Å². The predicted octanol–water partition coefficient (Wildman–Crippen LogP) is 4.45. The van der Waals surface area contributed by atoms with Gasteiger partial charge in [0.25, 0.3) is 5.91 Å². The molecule has 30 heavy (non-hydrogen) atoms. The number of likely N-dealkylation sites (N-methyl/N-ethyl adjacent to an activating group) is 1. The lowest BCUT2D eigenvalue weighted by Gasteiger charge is -2.29. The largest absolute Gasteiger partial charge is 0.352 e. The number of halogens is 1. The minimum atomic E-state index is -0.120. The monoisotopic (exact) mass is 470 g/mol. The second-order valence-electron chi connectivity index (χ2n) is 6.56. The average Bonchev–Trinajstić information content (AvgIpc) is 2.74. The quantitative estimate of drug-likeness (QED) is 0.545. The number of carbonyl (C=O) groups excluding carboxylic acids is 1. The first-order valence-corrected chi connectivity index (χ1v) is 10.5. The van der Waals surface area contributed by atoms with Crippen molar-refractivity contribution >= 4 is 33.4 Å². The van der Waals surface area contributed by atoms with E-state index in [9.17, 15) is 4.79 Å². The summed E-state index contributed by atoms with van der Waals surface area (Å²) in [7, 11) is 0. The zero-order chi connectivity index (χ0) is 22.1. The summed E-state index contributed by atoms with van der Waals surface area (Å²) in [6, 6.07) is -0.0957. The van der Waals surface area contributed by atoms with E-state index in [0.717, 1.165) is 10.0 Å². The van der Waals surface area contributed by atoms with E-state index in [0.29, 0.717) is 36.1 Å². The first-order chi connectivity index (χ1) is 14.4. The summed E-state index contributed by atoms with van der Waals surface area (Å²) in [5.41, 5.74) is 1.92. The number of amides is 1. The van der Waals surface area contributed by atoms with Gasteiger partial charge < -0.3 is 10.2 Å². The van der Waals surface area contributed by atoms with Crippen LogP contribution in [-0.2, 0) is 0 Å². The van der Waals surface area contributed by atoms with Crippen LogP contribution >= 0.6 is 15.9 Å². The number of anilines is 1. The van der Waals surface area contributed by atoms with Crippen molar-refractivity contribution in [2.75, 3.05) is 18.4 Å². The SMILES string of the molecule is C=C/C=C\C(=C/C)c1nc(C)ncc1C(=O)N(CC)[C@@H](C)CNc1ncc(Br)cn1. The lowest BCUT2D eigenvalue weighted by atomic mass is 10.0. The summed E-state index contributed by atoms with van der Waals surface area (Å²) in [5, 5.41) is 3.18. The summed E-state index contributed by atoms with van der Waals surface area (Å²) >= 11 is 3.32. The van der Waals surface area contributed by atoms with Gasteiger partial charge in [0.1, 0.15) is 5.82 Å². The van der Waals surface area contributed by atoms with Crippen molar-refractivity contribution in [2.45, 2.75) is 33.7 Å². The summed E-state index contributed by atoms with van der Waals surface area (Å²) in [4.78, 5) is 32.4. The van der Waals surface area contributed by atoms with Crippen molar-refractivity contribution in [3.05, 3.63) is 71.0 Å². The molecule has 2 rings (SSSR count). The second-order valence-corrected chi connectivity index (χ2v) is 7.48. The number of aromatic nitrogens is 4. The van der Waals surface area contributed by atoms with Gasteiger partial charge in [0.2, 0.25) is 5.95 Å². The molecule has 0 saturated carbocycles. The van der Waals surface area contributed by atoms with E-state index in [2.05, 4.69) is 47.8 Å². The maximum absolute atomic E-state index is 13.4. The molecule has 0 spiro atoms. The van der Waals surface area contributed by atoms with Crippen LogP contribution in [0.15, 0.2) is 53.9 Å². The van der Waals surface area contributed by atoms with Gasteiger partial charge in [0, 0.05) is 37.7 Å². The third kappa shape index (κ3) is 6.06. The fourth-order valence-electron chi connectivity index (χ4n) is 2.89. The van der Waals surface area contributed by atoms with Gasteiger partial charge in [-0.2, -0.15) is 0 Å². The number of carbonyl (C=O) groups is 1. The maximum atomic E-state index is 13.4. The predicted molar refractivity (Wildman–Crippen MR) is 124 cm³/mol. The lowest BCUT2D eigenvalue weighted by Crippen LogP contribution is -2.42. The Hall–Kier alpha value is -2.87. The highest BCUT2D eigenvalue weighted by Gasteiger charge is 2.24. The van der Waals surface area contributed by atoms with Crippen molar-refractivity contribution in [2.24, 2.45) is 0 Å². The molecule has 1 N–H and O–H groups in total. The van der Waals surface area contributed by atoms with Crippen LogP contribution < -0.4 is 5.32 Å². The molecule has 0 saturated heterocycles. The number of aryl methyl sites for hydroxylation is 1. The van der Waals surface area contributed by atoms with Crippen molar-refractivity contribution in [3.8, 4) is 0 Å². The fourth-order valence-corrected chi connectivity index (χ4v) is 3.10. The smallest absolute Gasteiger partial charge is 0.257 e. The van der Waals surface area contributed by atoms with Crippen LogP contribution in [0.5, 0.6) is 0 Å². The highest BCUT2D eigenvalue weighted by Crippen LogP contribution is 2.21. The van der Waals surface area contributed by atoms with Crippen LogP contribution in [0.4, 0.5) is 5.95 Å². The molecule has 0 fully saturated rings. The molecule has 1 atom stereocenters. The molecule has 0 radical (unpaired) electrons. The normalized spacial score (nSPS) is 12.6. The van der Waals surface area contributed by atoms with E-state index in [-0.39, 0.29) is 11.9 Å². The molecule has 0 aliphatic heterocycles. The second kappa shape index (κ2) is 11.3. The van der Waals surface area contributed by atoms with Gasteiger partial charge in [-0.1, -0.05) is 30.9 Å². The Morgan fingerprint density at radius 3 is 2.60 bits per heavy atom. The summed E-state index contributed by atoms with van der Waals surface area (Å²) in [6.07, 6.45) is 12.3. The zero-order valence-electron chi connectivity index (χ0n) is 17.8. The number of hydrogen-bond donors (Lipinski definition) is 1. The highest BCUT2D eigenvalue weighted by atomic mass is 79.9. The third-order valence-corrected chi connectivity index (χ3v) is 4.85. The molecule has 0 unspecified atom stereocenters.